The summed E-state index contributed by atoms with van der Waals surface area (Å²) in [5.41, 5.74) is 9.17. The van der Waals surface area contributed by atoms with Crippen LogP contribution in [0.15, 0.2) is 24.3 Å². The molecule has 3 rings (SSSR count). The van der Waals surface area contributed by atoms with Crippen molar-refractivity contribution in [2.24, 2.45) is 0 Å². The lowest BCUT2D eigenvalue weighted by atomic mass is 10.1. The van der Waals surface area contributed by atoms with Gasteiger partial charge < -0.3 is 15.4 Å². The monoisotopic (exact) mass is 299 g/mol. The molecule has 1 aliphatic rings. The Labute approximate surface area is 128 Å². The Morgan fingerprint density at radius 3 is 2.43 bits per heavy atom. The van der Waals surface area contributed by atoms with Gasteiger partial charge in [-0.25, -0.2) is 0 Å². The van der Waals surface area contributed by atoms with Crippen molar-refractivity contribution in [3.8, 4) is 11.8 Å². The molecule has 4 nitrogen and oxygen atoms in total. The topological polar surface area (TPSA) is 62.3 Å². The van der Waals surface area contributed by atoms with E-state index in [4.69, 9.17) is 10.5 Å². The molecule has 0 amide bonds. The quantitative estimate of drug-likeness (QED) is 0.942. The molecule has 0 spiro atoms. The lowest BCUT2D eigenvalue weighted by Gasteiger charge is -2.19. The molecule has 2 aromatic rings. The summed E-state index contributed by atoms with van der Waals surface area (Å²) in [5.74, 6) is 0.652. The van der Waals surface area contributed by atoms with E-state index in [1.54, 1.807) is 0 Å². The normalized spacial score (nSPS) is 13.3. The molecule has 0 aliphatic carbocycles. The molecule has 0 unspecified atom stereocenters. The SMILES string of the molecule is CC(C)Oc1c(N2Cc3ccccc3C2)sc(C#N)c1N. The van der Waals surface area contributed by atoms with Gasteiger partial charge in [0.25, 0.3) is 0 Å². The van der Waals surface area contributed by atoms with Crippen LogP contribution in [0.4, 0.5) is 10.7 Å². The van der Waals surface area contributed by atoms with Gasteiger partial charge in [0, 0.05) is 13.1 Å². The Hall–Kier alpha value is -2.19. The van der Waals surface area contributed by atoms with Gasteiger partial charge in [-0.2, -0.15) is 5.26 Å². The van der Waals surface area contributed by atoms with Crippen LogP contribution in [0.1, 0.15) is 29.9 Å². The zero-order valence-electron chi connectivity index (χ0n) is 12.1. The van der Waals surface area contributed by atoms with E-state index in [-0.39, 0.29) is 6.10 Å². The van der Waals surface area contributed by atoms with Gasteiger partial charge in [0.1, 0.15) is 21.6 Å². The fourth-order valence-corrected chi connectivity index (χ4v) is 3.48. The smallest absolute Gasteiger partial charge is 0.178 e. The van der Waals surface area contributed by atoms with E-state index in [1.807, 2.05) is 13.8 Å². The van der Waals surface area contributed by atoms with Crippen molar-refractivity contribution in [1.29, 1.82) is 5.26 Å². The molecule has 0 saturated heterocycles. The van der Waals surface area contributed by atoms with E-state index in [9.17, 15) is 5.26 Å². The van der Waals surface area contributed by atoms with Gasteiger partial charge in [-0.05, 0) is 25.0 Å². The van der Waals surface area contributed by atoms with E-state index in [0.717, 1.165) is 18.1 Å². The summed E-state index contributed by atoms with van der Waals surface area (Å²) >= 11 is 1.41. The molecule has 0 bridgehead atoms. The molecule has 0 fully saturated rings. The minimum atomic E-state index is 0.0252. The Kier molecular flexibility index (Phi) is 3.48. The van der Waals surface area contributed by atoms with Gasteiger partial charge in [-0.1, -0.05) is 24.3 Å². The van der Waals surface area contributed by atoms with Gasteiger partial charge in [-0.3, -0.25) is 0 Å². The van der Waals surface area contributed by atoms with Crippen LogP contribution in [-0.4, -0.2) is 6.10 Å². The highest BCUT2D eigenvalue weighted by molar-refractivity contribution is 7.17. The highest BCUT2D eigenvalue weighted by atomic mass is 32.1. The second-order valence-electron chi connectivity index (χ2n) is 5.38. The predicted molar refractivity (Wildman–Crippen MR) is 85.5 cm³/mol. The van der Waals surface area contributed by atoms with Crippen LogP contribution in [0, 0.1) is 11.3 Å². The number of ether oxygens (including phenoxy) is 1. The van der Waals surface area contributed by atoms with Crippen molar-refractivity contribution in [2.75, 3.05) is 10.6 Å². The zero-order chi connectivity index (χ0) is 15.0. The number of anilines is 2. The van der Waals surface area contributed by atoms with Crippen molar-refractivity contribution in [1.82, 2.24) is 0 Å². The summed E-state index contributed by atoms with van der Waals surface area (Å²) in [6, 6.07) is 10.5. The molecule has 2 heterocycles. The molecule has 1 aromatic carbocycles. The first-order chi connectivity index (χ1) is 10.1. The maximum atomic E-state index is 9.21. The lowest BCUT2D eigenvalue weighted by Crippen LogP contribution is -2.16. The zero-order valence-corrected chi connectivity index (χ0v) is 12.9. The summed E-state index contributed by atoms with van der Waals surface area (Å²) < 4.78 is 5.86. The Balaban J connectivity index is 1.98. The molecule has 1 aromatic heterocycles. The molecule has 0 radical (unpaired) electrons. The number of thiophene rings is 1. The van der Waals surface area contributed by atoms with Crippen molar-refractivity contribution >= 4 is 22.0 Å². The van der Waals surface area contributed by atoms with Crippen LogP contribution in [0.5, 0.6) is 5.75 Å². The lowest BCUT2D eigenvalue weighted by molar-refractivity contribution is 0.245. The number of fused-ring (bicyclic) bond motifs is 1. The van der Waals surface area contributed by atoms with Gasteiger partial charge in [0.2, 0.25) is 0 Å². The molecule has 0 saturated carbocycles. The Morgan fingerprint density at radius 2 is 1.90 bits per heavy atom. The number of nitrogens with zero attached hydrogens (tertiary/aromatic N) is 2. The minimum absolute atomic E-state index is 0.0252. The van der Waals surface area contributed by atoms with Gasteiger partial charge in [0.15, 0.2) is 5.75 Å². The molecule has 0 atom stereocenters. The average molecular weight is 299 g/mol. The van der Waals surface area contributed by atoms with Crippen molar-refractivity contribution in [3.05, 3.63) is 40.3 Å². The fourth-order valence-electron chi connectivity index (χ4n) is 2.53. The number of hydrogen-bond donors (Lipinski definition) is 1. The van der Waals surface area contributed by atoms with Crippen LogP contribution in [0.3, 0.4) is 0 Å². The molecule has 5 heteroatoms. The first kappa shape index (κ1) is 13.8. The van der Waals surface area contributed by atoms with Gasteiger partial charge in [-0.15, -0.1) is 11.3 Å². The third-order valence-electron chi connectivity index (χ3n) is 3.47. The summed E-state index contributed by atoms with van der Waals surface area (Å²) in [5, 5.41) is 10.2. The molecule has 21 heavy (non-hydrogen) atoms. The first-order valence-corrected chi connectivity index (χ1v) is 7.72. The Bertz CT molecular complexity index is 690. The van der Waals surface area contributed by atoms with E-state index in [2.05, 4.69) is 35.2 Å². The third kappa shape index (κ3) is 2.43. The average Bonchev–Trinajstić information content (AvgIpc) is 3.01. The highest BCUT2D eigenvalue weighted by Crippen LogP contribution is 2.47. The Morgan fingerprint density at radius 1 is 1.29 bits per heavy atom. The number of nitriles is 1. The number of hydrogen-bond acceptors (Lipinski definition) is 5. The van der Waals surface area contributed by atoms with Crippen LogP contribution in [0.25, 0.3) is 0 Å². The predicted octanol–water partition coefficient (Wildman–Crippen LogP) is 3.51. The largest absolute Gasteiger partial charge is 0.486 e. The van der Waals surface area contributed by atoms with Crippen molar-refractivity contribution < 1.29 is 4.74 Å². The summed E-state index contributed by atoms with van der Waals surface area (Å²) in [7, 11) is 0. The van der Waals surface area contributed by atoms with E-state index < -0.39 is 0 Å². The van der Waals surface area contributed by atoms with E-state index in [1.165, 1.54) is 22.5 Å². The second kappa shape index (κ2) is 5.30. The number of nitrogen functional groups attached to an aromatic ring is 1. The summed E-state index contributed by atoms with van der Waals surface area (Å²) in [6.45, 7) is 5.59. The first-order valence-electron chi connectivity index (χ1n) is 6.91. The maximum absolute atomic E-state index is 9.21. The van der Waals surface area contributed by atoms with Gasteiger partial charge in [0.05, 0.1) is 6.10 Å². The van der Waals surface area contributed by atoms with Crippen LogP contribution in [-0.2, 0) is 13.1 Å². The van der Waals surface area contributed by atoms with Crippen LogP contribution in [0.2, 0.25) is 0 Å². The molecule has 1 aliphatic heterocycles. The van der Waals surface area contributed by atoms with E-state index >= 15 is 0 Å². The van der Waals surface area contributed by atoms with E-state index in [0.29, 0.717) is 16.3 Å². The standard InChI is InChI=1S/C16H17N3OS/c1-10(2)20-15-14(18)13(7-17)21-16(15)19-8-11-5-3-4-6-12(11)9-19/h3-6,10H,8-9,18H2,1-2H3. The van der Waals surface area contributed by atoms with Crippen molar-refractivity contribution in [2.45, 2.75) is 33.0 Å². The summed E-state index contributed by atoms with van der Waals surface area (Å²) in [6.07, 6.45) is 0.0252. The molecule has 2 N–H and O–H groups in total. The van der Waals surface area contributed by atoms with Crippen LogP contribution >= 0.6 is 11.3 Å². The maximum Gasteiger partial charge on any atom is 0.178 e. The third-order valence-corrected chi connectivity index (χ3v) is 4.62. The number of nitrogens with two attached hydrogens (primary N) is 1. The van der Waals surface area contributed by atoms with Gasteiger partial charge >= 0.3 is 0 Å². The number of rotatable bonds is 3. The molecular weight excluding hydrogens is 282 g/mol. The minimum Gasteiger partial charge on any atom is -0.486 e. The fraction of sp³-hybridized carbons (Fsp3) is 0.312. The van der Waals surface area contributed by atoms with Crippen LogP contribution < -0.4 is 15.4 Å². The highest BCUT2D eigenvalue weighted by Gasteiger charge is 2.27. The number of benzene rings is 1. The second-order valence-corrected chi connectivity index (χ2v) is 6.38. The molecule has 108 valence electrons. The summed E-state index contributed by atoms with van der Waals surface area (Å²) in [4.78, 5) is 2.75. The van der Waals surface area contributed by atoms with Crippen molar-refractivity contribution in [3.63, 3.8) is 0 Å². The molecular formula is C16H17N3OS.